The van der Waals surface area contributed by atoms with Gasteiger partial charge in [0.2, 0.25) is 0 Å². The molecule has 0 aliphatic carbocycles. The van der Waals surface area contributed by atoms with Crippen molar-refractivity contribution in [3.63, 3.8) is 0 Å². The third-order valence-electron chi connectivity index (χ3n) is 3.65. The smallest absolute Gasteiger partial charge is 0.0725 e. The molecule has 23 heavy (non-hydrogen) atoms. The van der Waals surface area contributed by atoms with Gasteiger partial charge in [-0.05, 0) is 54.9 Å². The first-order valence-electron chi connectivity index (χ1n) is 7.70. The summed E-state index contributed by atoms with van der Waals surface area (Å²) in [4.78, 5) is 6.56. The van der Waals surface area contributed by atoms with Crippen molar-refractivity contribution in [1.29, 1.82) is 0 Å². The Labute approximate surface area is 139 Å². The van der Waals surface area contributed by atoms with E-state index in [9.17, 15) is 0 Å². The first-order valence-corrected chi connectivity index (χ1v) is 7.70. The fourth-order valence-corrected chi connectivity index (χ4v) is 2.50. The van der Waals surface area contributed by atoms with Crippen LogP contribution in [0.5, 0.6) is 0 Å². The summed E-state index contributed by atoms with van der Waals surface area (Å²) in [6.45, 7) is 11.3. The van der Waals surface area contributed by atoms with Gasteiger partial charge in [0.25, 0.3) is 0 Å². The number of rotatable bonds is 6. The second-order valence-corrected chi connectivity index (χ2v) is 5.95. The summed E-state index contributed by atoms with van der Waals surface area (Å²) in [5, 5.41) is 0. The molecule has 2 aromatic rings. The van der Waals surface area contributed by atoms with Gasteiger partial charge in [-0.2, -0.15) is 0 Å². The van der Waals surface area contributed by atoms with Crippen LogP contribution in [0.2, 0.25) is 0 Å². The minimum absolute atomic E-state index is 0.892. The van der Waals surface area contributed by atoms with Crippen molar-refractivity contribution in [1.82, 2.24) is 9.88 Å². The van der Waals surface area contributed by atoms with E-state index in [4.69, 9.17) is 0 Å². The van der Waals surface area contributed by atoms with E-state index in [-0.39, 0.29) is 0 Å². The van der Waals surface area contributed by atoms with E-state index in [0.717, 1.165) is 28.9 Å². The highest BCUT2D eigenvalue weighted by Crippen LogP contribution is 2.22. The second-order valence-electron chi connectivity index (χ2n) is 5.95. The van der Waals surface area contributed by atoms with Crippen molar-refractivity contribution in [3.8, 4) is 0 Å². The largest absolute Gasteiger partial charge is 0.305 e. The maximum atomic E-state index is 4.40. The quantitative estimate of drug-likeness (QED) is 0.717. The van der Waals surface area contributed by atoms with Crippen molar-refractivity contribution < 1.29 is 0 Å². The maximum absolute atomic E-state index is 4.40. The van der Waals surface area contributed by atoms with Gasteiger partial charge >= 0.3 is 0 Å². The molecule has 1 aromatic heterocycles. The molecule has 118 valence electrons. The fraction of sp³-hybridized carbons (Fsp3) is 0.190. The van der Waals surface area contributed by atoms with Crippen molar-refractivity contribution >= 4 is 11.1 Å². The summed E-state index contributed by atoms with van der Waals surface area (Å²) in [6.07, 6.45) is 5.80. The summed E-state index contributed by atoms with van der Waals surface area (Å²) in [5.41, 5.74) is 6.38. The maximum Gasteiger partial charge on any atom is 0.0725 e. The Morgan fingerprint density at radius 2 is 1.74 bits per heavy atom. The summed E-state index contributed by atoms with van der Waals surface area (Å²) >= 11 is 0. The molecule has 0 saturated heterocycles. The van der Waals surface area contributed by atoms with Crippen molar-refractivity contribution in [2.75, 3.05) is 14.1 Å². The summed E-state index contributed by atoms with van der Waals surface area (Å²) in [7, 11) is 4.14. The van der Waals surface area contributed by atoms with Gasteiger partial charge in [0.15, 0.2) is 0 Å². The Balaban J connectivity index is 2.19. The molecule has 0 spiro atoms. The molecule has 0 aliphatic rings. The van der Waals surface area contributed by atoms with Crippen molar-refractivity contribution in [2.45, 2.75) is 13.5 Å². The molecule has 0 fully saturated rings. The third-order valence-corrected chi connectivity index (χ3v) is 3.65. The Kier molecular flexibility index (Phi) is 5.67. The lowest BCUT2D eigenvalue weighted by Crippen LogP contribution is -2.11. The number of aromatic nitrogens is 1. The average Bonchev–Trinajstić information content (AvgIpc) is 2.52. The van der Waals surface area contributed by atoms with Gasteiger partial charge in [-0.15, -0.1) is 0 Å². The van der Waals surface area contributed by atoms with Crippen LogP contribution in [0.1, 0.15) is 22.4 Å². The molecule has 0 saturated carbocycles. The molecule has 0 unspecified atom stereocenters. The van der Waals surface area contributed by atoms with Crippen LogP contribution < -0.4 is 0 Å². The normalized spacial score (nSPS) is 11.1. The molecule has 1 aromatic carbocycles. The number of hydrogen-bond acceptors (Lipinski definition) is 2. The molecule has 0 atom stereocenters. The zero-order chi connectivity index (χ0) is 16.8. The first-order chi connectivity index (χ1) is 11.0. The SMILES string of the molecule is C=C(/C=C/C(=C)c1ncccc1C)c1ccccc1CN(C)C. The summed E-state index contributed by atoms with van der Waals surface area (Å²) < 4.78 is 0. The van der Waals surface area contributed by atoms with Crippen molar-refractivity contribution in [2.24, 2.45) is 0 Å². The Bertz CT molecular complexity index is 739. The molecule has 1 heterocycles. The number of allylic oxidation sites excluding steroid dienone is 4. The highest BCUT2D eigenvalue weighted by molar-refractivity contribution is 5.80. The van der Waals surface area contributed by atoms with Crippen LogP contribution in [0, 0.1) is 6.92 Å². The highest BCUT2D eigenvalue weighted by Gasteiger charge is 2.05. The van der Waals surface area contributed by atoms with Crippen LogP contribution in [0.4, 0.5) is 0 Å². The molecule has 0 radical (unpaired) electrons. The second kappa shape index (κ2) is 7.70. The monoisotopic (exact) mass is 304 g/mol. The van der Waals surface area contributed by atoms with Crippen LogP contribution in [0.25, 0.3) is 11.1 Å². The topological polar surface area (TPSA) is 16.1 Å². The van der Waals surface area contributed by atoms with Gasteiger partial charge in [0, 0.05) is 12.7 Å². The Hall–Kier alpha value is -2.45. The standard InChI is InChI=1S/C21H24N2/c1-16(20-11-7-6-10-19(20)15-23(4)5)12-13-18(3)21-17(2)9-8-14-22-21/h6-14H,1,3,15H2,2,4-5H3/b13-12+. The molecule has 2 heteroatoms. The number of pyridine rings is 1. The van der Waals surface area contributed by atoms with E-state index >= 15 is 0 Å². The molecule has 2 rings (SSSR count). The first kappa shape index (κ1) is 16.9. The van der Waals surface area contributed by atoms with Gasteiger partial charge < -0.3 is 4.90 Å². The molecule has 2 nitrogen and oxygen atoms in total. The lowest BCUT2D eigenvalue weighted by Gasteiger charge is -2.14. The number of nitrogens with zero attached hydrogens (tertiary/aromatic N) is 2. The molecule has 0 amide bonds. The van der Waals surface area contributed by atoms with Gasteiger partial charge in [-0.25, -0.2) is 0 Å². The minimum atomic E-state index is 0.892. The summed E-state index contributed by atoms with van der Waals surface area (Å²) in [6, 6.07) is 12.3. The van der Waals surface area contributed by atoms with Crippen LogP contribution >= 0.6 is 0 Å². The van der Waals surface area contributed by atoms with Crippen LogP contribution in [-0.2, 0) is 6.54 Å². The van der Waals surface area contributed by atoms with Gasteiger partial charge in [0.1, 0.15) is 0 Å². The molecular formula is C21H24N2. The highest BCUT2D eigenvalue weighted by atomic mass is 15.0. The molecule has 0 aliphatic heterocycles. The van der Waals surface area contributed by atoms with E-state index in [2.05, 4.69) is 55.3 Å². The molecular weight excluding hydrogens is 280 g/mol. The Morgan fingerprint density at radius 3 is 2.43 bits per heavy atom. The summed E-state index contributed by atoms with van der Waals surface area (Å²) in [5.74, 6) is 0. The fourth-order valence-electron chi connectivity index (χ4n) is 2.50. The van der Waals surface area contributed by atoms with Crippen molar-refractivity contribution in [3.05, 3.63) is 90.3 Å². The van der Waals surface area contributed by atoms with Crippen LogP contribution in [-0.4, -0.2) is 24.0 Å². The predicted octanol–water partition coefficient (Wildman–Crippen LogP) is 4.73. The lowest BCUT2D eigenvalue weighted by molar-refractivity contribution is 0.402. The minimum Gasteiger partial charge on any atom is -0.305 e. The van der Waals surface area contributed by atoms with Crippen LogP contribution in [0.3, 0.4) is 0 Å². The number of benzene rings is 1. The van der Waals surface area contributed by atoms with Crippen LogP contribution in [0.15, 0.2) is 67.9 Å². The molecule has 0 N–H and O–H groups in total. The van der Waals surface area contributed by atoms with Gasteiger partial charge in [-0.1, -0.05) is 55.6 Å². The zero-order valence-electron chi connectivity index (χ0n) is 14.2. The number of aryl methyl sites for hydroxylation is 1. The van der Waals surface area contributed by atoms with Gasteiger partial charge in [0.05, 0.1) is 5.69 Å². The van der Waals surface area contributed by atoms with E-state index in [1.807, 2.05) is 37.3 Å². The number of hydrogen-bond donors (Lipinski definition) is 0. The van der Waals surface area contributed by atoms with E-state index in [1.54, 1.807) is 6.20 Å². The average molecular weight is 304 g/mol. The van der Waals surface area contributed by atoms with E-state index < -0.39 is 0 Å². The molecule has 0 bridgehead atoms. The van der Waals surface area contributed by atoms with E-state index in [1.165, 1.54) is 11.1 Å². The lowest BCUT2D eigenvalue weighted by atomic mass is 9.99. The zero-order valence-corrected chi connectivity index (χ0v) is 14.2. The van der Waals surface area contributed by atoms with Gasteiger partial charge in [-0.3, -0.25) is 4.98 Å². The van der Waals surface area contributed by atoms with E-state index in [0.29, 0.717) is 0 Å². The predicted molar refractivity (Wildman–Crippen MR) is 100 cm³/mol. The Morgan fingerprint density at radius 1 is 1.04 bits per heavy atom. The third kappa shape index (κ3) is 4.51.